The minimum Gasteiger partial charge on any atom is -0.395 e. The van der Waals surface area contributed by atoms with Gasteiger partial charge in [-0.25, -0.2) is 0 Å². The number of nitrogens with one attached hydrogen (secondary N) is 1. The van der Waals surface area contributed by atoms with Crippen molar-refractivity contribution in [2.24, 2.45) is 23.7 Å². The second-order valence-corrected chi connectivity index (χ2v) is 5.30. The van der Waals surface area contributed by atoms with Gasteiger partial charge in [-0.3, -0.25) is 14.5 Å². The van der Waals surface area contributed by atoms with Crippen LogP contribution < -0.4 is 5.32 Å². The number of fused-ring (bicyclic) bond motifs is 5. The van der Waals surface area contributed by atoms with Gasteiger partial charge in [0.1, 0.15) is 0 Å². The lowest BCUT2D eigenvalue weighted by Gasteiger charge is -2.17. The molecule has 1 heterocycles. The zero-order chi connectivity index (χ0) is 12.7. The quantitative estimate of drug-likeness (QED) is 0.387. The summed E-state index contributed by atoms with van der Waals surface area (Å²) in [6.45, 7) is 1.54. The third kappa shape index (κ3) is 1.61. The molecule has 3 rings (SSSR count). The van der Waals surface area contributed by atoms with Gasteiger partial charge in [0.2, 0.25) is 11.8 Å². The molecule has 0 unspecified atom stereocenters. The molecule has 2 bridgehead atoms. The minimum atomic E-state index is -0.0923. The number of carbonyl (C=O) groups excluding carboxylic acids is 2. The molecule has 4 atom stereocenters. The summed E-state index contributed by atoms with van der Waals surface area (Å²) in [5, 5.41) is 11.6. The van der Waals surface area contributed by atoms with Gasteiger partial charge in [-0.15, -0.1) is 0 Å². The van der Waals surface area contributed by atoms with Crippen LogP contribution in [0.25, 0.3) is 0 Å². The second kappa shape index (κ2) is 4.48. The van der Waals surface area contributed by atoms with Crippen molar-refractivity contribution in [1.82, 2.24) is 10.2 Å². The lowest BCUT2D eigenvalue weighted by atomic mass is 9.85. The van der Waals surface area contributed by atoms with Gasteiger partial charge in [-0.1, -0.05) is 12.2 Å². The normalized spacial score (nSPS) is 36.8. The van der Waals surface area contributed by atoms with Gasteiger partial charge in [0.25, 0.3) is 0 Å². The van der Waals surface area contributed by atoms with E-state index in [0.29, 0.717) is 19.6 Å². The molecule has 3 aliphatic rings. The molecule has 0 aromatic carbocycles. The smallest absolute Gasteiger partial charge is 0.233 e. The first kappa shape index (κ1) is 11.9. The van der Waals surface area contributed by atoms with Crippen molar-refractivity contribution in [1.29, 1.82) is 0 Å². The van der Waals surface area contributed by atoms with Crippen LogP contribution in [0, 0.1) is 23.7 Å². The predicted octanol–water partition coefficient (Wildman–Crippen LogP) is -0.625. The van der Waals surface area contributed by atoms with E-state index >= 15 is 0 Å². The van der Waals surface area contributed by atoms with Crippen LogP contribution in [0.15, 0.2) is 12.2 Å². The molecule has 98 valence electrons. The molecule has 2 N–H and O–H groups in total. The Bertz CT molecular complexity index is 377. The van der Waals surface area contributed by atoms with Crippen molar-refractivity contribution in [2.75, 3.05) is 26.2 Å². The molecule has 2 aliphatic carbocycles. The summed E-state index contributed by atoms with van der Waals surface area (Å²) >= 11 is 0. The Kier molecular flexibility index (Phi) is 2.95. The first-order valence-corrected chi connectivity index (χ1v) is 6.59. The van der Waals surface area contributed by atoms with E-state index in [2.05, 4.69) is 17.5 Å². The van der Waals surface area contributed by atoms with E-state index in [1.165, 1.54) is 4.90 Å². The molecule has 1 saturated carbocycles. The average Bonchev–Trinajstić information content (AvgIpc) is 3.02. The number of imide groups is 1. The second-order valence-electron chi connectivity index (χ2n) is 5.30. The summed E-state index contributed by atoms with van der Waals surface area (Å²) < 4.78 is 0. The Balaban J connectivity index is 1.65. The highest BCUT2D eigenvalue weighted by Gasteiger charge is 2.58. The third-order valence-electron chi connectivity index (χ3n) is 4.36. The Morgan fingerprint density at radius 2 is 1.78 bits per heavy atom. The molecular weight excluding hydrogens is 232 g/mol. The summed E-state index contributed by atoms with van der Waals surface area (Å²) in [6.07, 6.45) is 5.18. The predicted molar refractivity (Wildman–Crippen MR) is 64.4 cm³/mol. The summed E-state index contributed by atoms with van der Waals surface area (Å²) in [4.78, 5) is 25.9. The van der Waals surface area contributed by atoms with Crippen molar-refractivity contribution in [3.8, 4) is 0 Å². The number of rotatable bonds is 5. The van der Waals surface area contributed by atoms with Crippen LogP contribution in [-0.2, 0) is 9.59 Å². The van der Waals surface area contributed by atoms with E-state index in [1.54, 1.807) is 0 Å². The fourth-order valence-corrected chi connectivity index (χ4v) is 3.58. The first-order valence-electron chi connectivity index (χ1n) is 6.59. The van der Waals surface area contributed by atoms with Crippen LogP contribution in [0.3, 0.4) is 0 Å². The fourth-order valence-electron chi connectivity index (χ4n) is 3.58. The molecule has 1 aliphatic heterocycles. The van der Waals surface area contributed by atoms with Crippen molar-refractivity contribution in [3.63, 3.8) is 0 Å². The number of amides is 2. The van der Waals surface area contributed by atoms with Crippen LogP contribution >= 0.6 is 0 Å². The third-order valence-corrected chi connectivity index (χ3v) is 4.36. The van der Waals surface area contributed by atoms with Gasteiger partial charge in [0, 0.05) is 19.6 Å². The van der Waals surface area contributed by atoms with E-state index in [4.69, 9.17) is 5.11 Å². The largest absolute Gasteiger partial charge is 0.395 e. The number of hydrogen-bond donors (Lipinski definition) is 2. The Labute approximate surface area is 106 Å². The highest BCUT2D eigenvalue weighted by molar-refractivity contribution is 6.06. The van der Waals surface area contributed by atoms with Gasteiger partial charge in [0.05, 0.1) is 18.4 Å². The molecule has 5 heteroatoms. The number of aliphatic hydroxyl groups is 1. The highest BCUT2D eigenvalue weighted by Crippen LogP contribution is 2.52. The zero-order valence-electron chi connectivity index (χ0n) is 10.2. The van der Waals surface area contributed by atoms with Crippen LogP contribution in [0.4, 0.5) is 0 Å². The fraction of sp³-hybridized carbons (Fsp3) is 0.692. The standard InChI is InChI=1S/C13H18N2O3/c16-6-4-14-3-5-15-12(17)10-8-1-2-9(7-8)11(10)13(15)18/h1-2,8-11,14,16H,3-7H2/t8-,9+,10-,11+. The van der Waals surface area contributed by atoms with E-state index in [-0.39, 0.29) is 42.1 Å². The highest BCUT2D eigenvalue weighted by atomic mass is 16.3. The maximum Gasteiger partial charge on any atom is 0.233 e. The maximum atomic E-state index is 12.2. The molecular formula is C13H18N2O3. The molecule has 0 aromatic rings. The lowest BCUT2D eigenvalue weighted by molar-refractivity contribution is -0.140. The summed E-state index contributed by atoms with van der Waals surface area (Å²) in [5.41, 5.74) is 0. The van der Waals surface area contributed by atoms with Gasteiger partial charge in [-0.05, 0) is 18.3 Å². The van der Waals surface area contributed by atoms with Crippen LogP contribution in [0.5, 0.6) is 0 Å². The Hall–Kier alpha value is -1.20. The van der Waals surface area contributed by atoms with E-state index < -0.39 is 0 Å². The number of nitrogens with zero attached hydrogens (tertiary/aromatic N) is 1. The Morgan fingerprint density at radius 1 is 1.17 bits per heavy atom. The molecule has 0 aromatic heterocycles. The number of aliphatic hydroxyl groups excluding tert-OH is 1. The van der Waals surface area contributed by atoms with Gasteiger partial charge in [0.15, 0.2) is 0 Å². The van der Waals surface area contributed by atoms with Gasteiger partial charge >= 0.3 is 0 Å². The van der Waals surface area contributed by atoms with Crippen molar-refractivity contribution in [3.05, 3.63) is 12.2 Å². The molecule has 2 amide bonds. The molecule has 5 nitrogen and oxygen atoms in total. The van der Waals surface area contributed by atoms with Crippen LogP contribution in [-0.4, -0.2) is 48.1 Å². The number of allylic oxidation sites excluding steroid dienone is 2. The zero-order valence-corrected chi connectivity index (χ0v) is 10.2. The van der Waals surface area contributed by atoms with Crippen LogP contribution in [0.2, 0.25) is 0 Å². The molecule has 2 fully saturated rings. The maximum absolute atomic E-state index is 12.2. The van der Waals surface area contributed by atoms with Gasteiger partial charge in [-0.2, -0.15) is 0 Å². The van der Waals surface area contributed by atoms with Crippen molar-refractivity contribution in [2.45, 2.75) is 6.42 Å². The van der Waals surface area contributed by atoms with Crippen LogP contribution in [0.1, 0.15) is 6.42 Å². The molecule has 0 spiro atoms. The van der Waals surface area contributed by atoms with E-state index in [1.807, 2.05) is 0 Å². The molecule has 18 heavy (non-hydrogen) atoms. The number of carbonyl (C=O) groups is 2. The SMILES string of the molecule is O=C1[C@@H]2[C@H](C(=O)N1CCNCCO)[C@@H]1C=C[C@H]2C1. The van der Waals surface area contributed by atoms with E-state index in [9.17, 15) is 9.59 Å². The molecule has 0 radical (unpaired) electrons. The van der Waals surface area contributed by atoms with Crippen molar-refractivity contribution >= 4 is 11.8 Å². The van der Waals surface area contributed by atoms with Gasteiger partial charge < -0.3 is 10.4 Å². The summed E-state index contributed by atoms with van der Waals surface area (Å²) in [6, 6.07) is 0. The Morgan fingerprint density at radius 3 is 2.33 bits per heavy atom. The monoisotopic (exact) mass is 250 g/mol. The molecule has 1 saturated heterocycles. The first-order chi connectivity index (χ1) is 8.74. The summed E-state index contributed by atoms with van der Waals surface area (Å²) in [5.74, 6) is 0.398. The minimum absolute atomic E-state index is 0.00708. The lowest BCUT2D eigenvalue weighted by Crippen LogP contribution is -2.38. The number of likely N-dealkylation sites (tertiary alicyclic amines) is 1. The van der Waals surface area contributed by atoms with E-state index in [0.717, 1.165) is 6.42 Å². The average molecular weight is 250 g/mol. The van der Waals surface area contributed by atoms with Crippen molar-refractivity contribution < 1.29 is 14.7 Å². The topological polar surface area (TPSA) is 69.6 Å². The summed E-state index contributed by atoms with van der Waals surface area (Å²) in [7, 11) is 0. The number of hydrogen-bond acceptors (Lipinski definition) is 4.